The number of hydrogen-bond acceptors (Lipinski definition) is 5. The van der Waals surface area contributed by atoms with Crippen molar-refractivity contribution < 1.29 is 19.0 Å². The number of fused-ring (bicyclic) bond motifs is 1. The van der Waals surface area contributed by atoms with Gasteiger partial charge in [0.05, 0.1) is 19.8 Å². The number of nitrogens with one attached hydrogen (secondary N) is 1. The maximum Gasteiger partial charge on any atom is 0.127 e. The highest BCUT2D eigenvalue weighted by molar-refractivity contribution is 5.64. The molecular weight excluding hydrogens is 258 g/mol. The van der Waals surface area contributed by atoms with Crippen molar-refractivity contribution in [1.29, 1.82) is 0 Å². The third kappa shape index (κ3) is 3.96. The highest BCUT2D eigenvalue weighted by atomic mass is 16.7. The molecule has 0 saturated heterocycles. The minimum Gasteiger partial charge on any atom is -0.497 e. The molecular formula is C15H21NO4. The smallest absolute Gasteiger partial charge is 0.127 e. The molecule has 2 rings (SSSR count). The molecule has 0 bridgehead atoms. The summed E-state index contributed by atoms with van der Waals surface area (Å²) in [5.74, 6) is 1.70. The van der Waals surface area contributed by atoms with Crippen LogP contribution in [0.4, 0.5) is 0 Å². The summed E-state index contributed by atoms with van der Waals surface area (Å²) in [6, 6.07) is 5.78. The Labute approximate surface area is 119 Å². The fourth-order valence-corrected chi connectivity index (χ4v) is 1.82. The lowest BCUT2D eigenvalue weighted by atomic mass is 10.1. The van der Waals surface area contributed by atoms with E-state index in [0.717, 1.165) is 22.6 Å². The van der Waals surface area contributed by atoms with Crippen LogP contribution in [0.25, 0.3) is 6.08 Å². The molecule has 0 aliphatic carbocycles. The first-order valence-corrected chi connectivity index (χ1v) is 6.60. The molecule has 5 heteroatoms. The molecule has 0 fully saturated rings. The summed E-state index contributed by atoms with van der Waals surface area (Å²) < 4.78 is 16.0. The van der Waals surface area contributed by atoms with Gasteiger partial charge < -0.3 is 14.2 Å². The summed E-state index contributed by atoms with van der Waals surface area (Å²) in [7, 11) is 3.32. The van der Waals surface area contributed by atoms with E-state index in [9.17, 15) is 0 Å². The number of hydroxylamine groups is 1. The maximum absolute atomic E-state index is 5.69. The van der Waals surface area contributed by atoms with Gasteiger partial charge in [0.25, 0.3) is 0 Å². The maximum atomic E-state index is 5.69. The van der Waals surface area contributed by atoms with Crippen molar-refractivity contribution in [2.24, 2.45) is 0 Å². The molecule has 1 heterocycles. The Morgan fingerprint density at radius 1 is 1.35 bits per heavy atom. The molecule has 0 aromatic heterocycles. The zero-order chi connectivity index (χ0) is 14.4. The first-order chi connectivity index (χ1) is 9.72. The van der Waals surface area contributed by atoms with Gasteiger partial charge in [-0.1, -0.05) is 0 Å². The molecule has 1 aliphatic heterocycles. The summed E-state index contributed by atoms with van der Waals surface area (Å²) in [6.07, 6.45) is 2.17. The fourth-order valence-electron chi connectivity index (χ4n) is 1.82. The summed E-state index contributed by atoms with van der Waals surface area (Å²) in [4.78, 5) is 5.33. The Kier molecular flexibility index (Phi) is 5.40. The van der Waals surface area contributed by atoms with E-state index in [1.807, 2.05) is 25.1 Å². The van der Waals surface area contributed by atoms with Crippen molar-refractivity contribution >= 4 is 6.08 Å². The molecule has 1 unspecified atom stereocenters. The summed E-state index contributed by atoms with van der Waals surface area (Å²) >= 11 is 0. The molecule has 0 amide bonds. The molecule has 0 saturated carbocycles. The van der Waals surface area contributed by atoms with Gasteiger partial charge in [0, 0.05) is 19.2 Å². The highest BCUT2D eigenvalue weighted by Crippen LogP contribution is 2.29. The normalized spacial score (nSPS) is 15.1. The Morgan fingerprint density at radius 2 is 2.20 bits per heavy atom. The molecule has 0 radical (unpaired) electrons. The van der Waals surface area contributed by atoms with Gasteiger partial charge in [0.15, 0.2) is 0 Å². The van der Waals surface area contributed by atoms with Crippen LogP contribution in [-0.2, 0) is 9.57 Å². The van der Waals surface area contributed by atoms with Crippen LogP contribution >= 0.6 is 0 Å². The Balaban J connectivity index is 1.88. The first-order valence-electron chi connectivity index (χ1n) is 6.60. The number of rotatable bonds is 7. The van der Waals surface area contributed by atoms with Crippen molar-refractivity contribution in [3.63, 3.8) is 0 Å². The largest absolute Gasteiger partial charge is 0.497 e. The van der Waals surface area contributed by atoms with Gasteiger partial charge in [-0.2, -0.15) is 5.48 Å². The molecule has 20 heavy (non-hydrogen) atoms. The van der Waals surface area contributed by atoms with Gasteiger partial charge >= 0.3 is 0 Å². The lowest BCUT2D eigenvalue weighted by molar-refractivity contribution is -0.0260. The van der Waals surface area contributed by atoms with E-state index in [0.29, 0.717) is 19.8 Å². The van der Waals surface area contributed by atoms with Crippen molar-refractivity contribution in [2.45, 2.75) is 13.0 Å². The lowest BCUT2D eigenvalue weighted by Crippen LogP contribution is -2.26. The molecule has 1 aliphatic rings. The zero-order valence-electron chi connectivity index (χ0n) is 12.1. The van der Waals surface area contributed by atoms with Crippen LogP contribution in [0.1, 0.15) is 12.5 Å². The molecule has 110 valence electrons. The summed E-state index contributed by atoms with van der Waals surface area (Å²) in [5.41, 5.74) is 5.07. The second-order valence-corrected chi connectivity index (χ2v) is 4.67. The van der Waals surface area contributed by atoms with Gasteiger partial charge in [-0.15, -0.1) is 0 Å². The molecule has 5 nitrogen and oxygen atoms in total. The predicted octanol–water partition coefficient (Wildman–Crippen LogP) is 2.03. The number of benzene rings is 1. The van der Waals surface area contributed by atoms with Gasteiger partial charge in [-0.05, 0) is 36.8 Å². The quantitative estimate of drug-likeness (QED) is 0.611. The van der Waals surface area contributed by atoms with Crippen LogP contribution in [0, 0.1) is 0 Å². The highest BCUT2D eigenvalue weighted by Gasteiger charge is 2.12. The Hall–Kier alpha value is -1.56. The van der Waals surface area contributed by atoms with Crippen molar-refractivity contribution in [1.82, 2.24) is 5.48 Å². The van der Waals surface area contributed by atoms with E-state index in [-0.39, 0.29) is 6.10 Å². The van der Waals surface area contributed by atoms with Crippen LogP contribution in [0.2, 0.25) is 0 Å². The molecule has 1 N–H and O–H groups in total. The van der Waals surface area contributed by atoms with Gasteiger partial charge in [-0.25, -0.2) is 0 Å². The van der Waals surface area contributed by atoms with Crippen molar-refractivity contribution in [3.8, 4) is 11.5 Å². The average Bonchev–Trinajstić information content (AvgIpc) is 2.50. The molecule has 1 aromatic rings. The van der Waals surface area contributed by atoms with Gasteiger partial charge in [0.2, 0.25) is 0 Å². The van der Waals surface area contributed by atoms with E-state index in [1.165, 1.54) is 0 Å². The average molecular weight is 279 g/mol. The Morgan fingerprint density at radius 3 is 2.95 bits per heavy atom. The summed E-state index contributed by atoms with van der Waals surface area (Å²) in [6.45, 7) is 3.64. The number of hydrogen-bond donors (Lipinski definition) is 1. The van der Waals surface area contributed by atoms with Crippen LogP contribution < -0.4 is 15.0 Å². The zero-order valence-corrected chi connectivity index (χ0v) is 12.1. The van der Waals surface area contributed by atoms with Crippen LogP contribution in [-0.4, -0.2) is 40.1 Å². The van der Waals surface area contributed by atoms with E-state index >= 15 is 0 Å². The lowest BCUT2D eigenvalue weighted by Gasteiger charge is -2.19. The molecule has 1 aromatic carbocycles. The third-order valence-corrected chi connectivity index (χ3v) is 3.11. The monoisotopic (exact) mass is 279 g/mol. The minimum atomic E-state index is 0.0732. The van der Waals surface area contributed by atoms with Crippen LogP contribution in [0.5, 0.6) is 11.5 Å². The summed E-state index contributed by atoms with van der Waals surface area (Å²) in [5, 5.41) is 0. The van der Waals surface area contributed by atoms with Gasteiger partial charge in [0.1, 0.15) is 18.1 Å². The second kappa shape index (κ2) is 7.28. The predicted molar refractivity (Wildman–Crippen MR) is 76.9 cm³/mol. The first kappa shape index (κ1) is 14.8. The van der Waals surface area contributed by atoms with Crippen LogP contribution in [0.3, 0.4) is 0 Å². The Bertz CT molecular complexity index is 473. The van der Waals surface area contributed by atoms with E-state index < -0.39 is 0 Å². The van der Waals surface area contributed by atoms with E-state index in [1.54, 1.807) is 14.2 Å². The molecule has 1 atom stereocenters. The van der Waals surface area contributed by atoms with Gasteiger partial charge in [-0.3, -0.25) is 4.84 Å². The van der Waals surface area contributed by atoms with E-state index in [4.69, 9.17) is 19.0 Å². The molecule has 0 spiro atoms. The van der Waals surface area contributed by atoms with Crippen molar-refractivity contribution in [2.75, 3.05) is 34.0 Å². The number of ether oxygens (including phenoxy) is 3. The van der Waals surface area contributed by atoms with E-state index in [2.05, 4.69) is 11.6 Å². The van der Waals surface area contributed by atoms with Crippen molar-refractivity contribution in [3.05, 3.63) is 29.3 Å². The standard InChI is InChI=1S/C15H21NO4/c1-11(17-2)9-20-16-8-12-6-13-7-14(18-3)4-5-15(13)19-10-12/h4-7,11,16H,8-10H2,1-3H3. The third-order valence-electron chi connectivity index (χ3n) is 3.11. The van der Waals surface area contributed by atoms with Crippen LogP contribution in [0.15, 0.2) is 23.8 Å². The minimum absolute atomic E-state index is 0.0732. The topological polar surface area (TPSA) is 49.0 Å². The second-order valence-electron chi connectivity index (χ2n) is 4.67. The SMILES string of the molecule is COc1ccc2c(c1)C=C(CNOCC(C)OC)CO2. The number of methoxy groups -OCH3 is 2. The fraction of sp³-hybridized carbons (Fsp3) is 0.467.